The first-order chi connectivity index (χ1) is 6.40. The summed E-state index contributed by atoms with van der Waals surface area (Å²) in [4.78, 5) is 23.4. The lowest BCUT2D eigenvalue weighted by atomic mass is 9.99. The van der Waals surface area contributed by atoms with E-state index in [9.17, 15) is 9.59 Å². The Balaban J connectivity index is 4.38. The minimum Gasteiger partial charge on any atom is -0.480 e. The molecule has 14 heavy (non-hydrogen) atoms. The Hall–Kier alpha value is -1.26. The Labute approximate surface area is 84.1 Å². The third-order valence-corrected chi connectivity index (χ3v) is 2.16. The molecule has 0 aliphatic rings. The fraction of sp³-hybridized carbons (Fsp3) is 0.778. The maximum atomic E-state index is 11.2. The lowest BCUT2D eigenvalue weighted by Crippen LogP contribution is -2.48. The fourth-order valence-corrected chi connectivity index (χ4v) is 0.945. The topological polar surface area (TPSA) is 69.6 Å². The summed E-state index contributed by atoms with van der Waals surface area (Å²) in [7, 11) is 3.15. The minimum atomic E-state index is -0.991. The van der Waals surface area contributed by atoms with E-state index in [0.717, 1.165) is 0 Å². The monoisotopic (exact) mass is 202 g/mol. The van der Waals surface area contributed by atoms with Crippen molar-refractivity contribution >= 4 is 12.0 Å². The van der Waals surface area contributed by atoms with Crippen LogP contribution < -0.4 is 5.32 Å². The van der Waals surface area contributed by atoms with E-state index in [4.69, 9.17) is 5.11 Å². The smallest absolute Gasteiger partial charge is 0.326 e. The van der Waals surface area contributed by atoms with Gasteiger partial charge in [0.2, 0.25) is 0 Å². The van der Waals surface area contributed by atoms with E-state index in [1.807, 2.05) is 6.92 Å². The number of amides is 2. The third-order valence-electron chi connectivity index (χ3n) is 2.16. The first kappa shape index (κ1) is 12.7. The van der Waals surface area contributed by atoms with E-state index in [2.05, 4.69) is 5.32 Å². The molecule has 5 heteroatoms. The zero-order chi connectivity index (χ0) is 11.3. The summed E-state index contributed by atoms with van der Waals surface area (Å²) in [5.74, 6) is -1.06. The summed E-state index contributed by atoms with van der Waals surface area (Å²) in [6, 6.07) is -1.19. The molecule has 2 atom stereocenters. The Morgan fingerprint density at radius 3 is 2.21 bits per heavy atom. The summed E-state index contributed by atoms with van der Waals surface area (Å²) >= 11 is 0. The lowest BCUT2D eigenvalue weighted by Gasteiger charge is -2.22. The van der Waals surface area contributed by atoms with E-state index in [0.29, 0.717) is 6.42 Å². The number of urea groups is 1. The van der Waals surface area contributed by atoms with Gasteiger partial charge in [-0.15, -0.1) is 0 Å². The van der Waals surface area contributed by atoms with Crippen LogP contribution in [-0.2, 0) is 4.79 Å². The van der Waals surface area contributed by atoms with Gasteiger partial charge >= 0.3 is 12.0 Å². The molecule has 0 radical (unpaired) electrons. The van der Waals surface area contributed by atoms with Crippen molar-refractivity contribution in [2.75, 3.05) is 14.1 Å². The molecular formula is C9H18N2O3. The van der Waals surface area contributed by atoms with Crippen LogP contribution in [0.2, 0.25) is 0 Å². The quantitative estimate of drug-likeness (QED) is 0.707. The summed E-state index contributed by atoms with van der Waals surface area (Å²) < 4.78 is 0. The SMILES string of the molecule is CCC(C)[C@H](NC(=O)N(C)C)C(=O)O. The molecule has 82 valence electrons. The molecule has 0 saturated heterocycles. The summed E-state index contributed by atoms with van der Waals surface area (Å²) in [5, 5.41) is 11.3. The Kier molecular flexibility index (Phi) is 4.97. The van der Waals surface area contributed by atoms with Crippen molar-refractivity contribution in [1.29, 1.82) is 0 Å². The van der Waals surface area contributed by atoms with Gasteiger partial charge in [0.1, 0.15) is 6.04 Å². The maximum absolute atomic E-state index is 11.2. The van der Waals surface area contributed by atoms with Crippen molar-refractivity contribution in [3.05, 3.63) is 0 Å². The molecule has 0 bridgehead atoms. The number of carbonyl (C=O) groups is 2. The molecule has 1 unspecified atom stereocenters. The van der Waals surface area contributed by atoms with Gasteiger partial charge in [0.15, 0.2) is 0 Å². The van der Waals surface area contributed by atoms with E-state index in [-0.39, 0.29) is 11.9 Å². The van der Waals surface area contributed by atoms with Crippen molar-refractivity contribution in [3.8, 4) is 0 Å². The number of nitrogens with one attached hydrogen (secondary N) is 1. The van der Waals surface area contributed by atoms with Crippen LogP contribution in [0.4, 0.5) is 4.79 Å². The summed E-state index contributed by atoms with van der Waals surface area (Å²) in [6.45, 7) is 3.69. The van der Waals surface area contributed by atoms with Crippen LogP contribution in [0.25, 0.3) is 0 Å². The molecule has 0 heterocycles. The number of carboxylic acid groups (broad SMARTS) is 1. The number of hydrogen-bond donors (Lipinski definition) is 2. The lowest BCUT2D eigenvalue weighted by molar-refractivity contribution is -0.140. The van der Waals surface area contributed by atoms with Crippen LogP contribution in [-0.4, -0.2) is 42.1 Å². The van der Waals surface area contributed by atoms with E-state index in [1.165, 1.54) is 4.90 Å². The molecule has 0 aliphatic carbocycles. The highest BCUT2D eigenvalue weighted by molar-refractivity contribution is 5.82. The number of rotatable bonds is 4. The van der Waals surface area contributed by atoms with E-state index in [1.54, 1.807) is 21.0 Å². The fourth-order valence-electron chi connectivity index (χ4n) is 0.945. The van der Waals surface area contributed by atoms with Gasteiger partial charge in [-0.1, -0.05) is 20.3 Å². The normalized spacial score (nSPS) is 14.3. The molecule has 0 aliphatic heterocycles. The molecule has 0 spiro atoms. The van der Waals surface area contributed by atoms with Gasteiger partial charge in [-0.05, 0) is 5.92 Å². The van der Waals surface area contributed by atoms with Crippen LogP contribution in [0, 0.1) is 5.92 Å². The van der Waals surface area contributed by atoms with Gasteiger partial charge in [0, 0.05) is 14.1 Å². The van der Waals surface area contributed by atoms with Crippen molar-refractivity contribution in [3.63, 3.8) is 0 Å². The average Bonchev–Trinajstić information content (AvgIpc) is 2.11. The second kappa shape index (κ2) is 5.47. The second-order valence-electron chi connectivity index (χ2n) is 3.55. The highest BCUT2D eigenvalue weighted by Crippen LogP contribution is 2.07. The summed E-state index contributed by atoms with van der Waals surface area (Å²) in [5.41, 5.74) is 0. The van der Waals surface area contributed by atoms with Crippen molar-refractivity contribution < 1.29 is 14.7 Å². The van der Waals surface area contributed by atoms with Crippen LogP contribution in [0.15, 0.2) is 0 Å². The van der Waals surface area contributed by atoms with Gasteiger partial charge < -0.3 is 15.3 Å². The largest absolute Gasteiger partial charge is 0.480 e. The zero-order valence-corrected chi connectivity index (χ0v) is 9.07. The van der Waals surface area contributed by atoms with Crippen LogP contribution in [0.3, 0.4) is 0 Å². The molecule has 0 aromatic heterocycles. The number of aliphatic carboxylic acids is 1. The first-order valence-corrected chi connectivity index (χ1v) is 4.60. The number of carboxylic acids is 1. The molecule has 2 N–H and O–H groups in total. The Morgan fingerprint density at radius 1 is 1.43 bits per heavy atom. The molecular weight excluding hydrogens is 184 g/mol. The number of hydrogen-bond acceptors (Lipinski definition) is 2. The van der Waals surface area contributed by atoms with Crippen LogP contribution in [0.1, 0.15) is 20.3 Å². The molecule has 0 aromatic carbocycles. The Bertz CT molecular complexity index is 216. The van der Waals surface area contributed by atoms with Crippen molar-refractivity contribution in [1.82, 2.24) is 10.2 Å². The molecule has 0 saturated carbocycles. The number of carbonyl (C=O) groups excluding carboxylic acids is 1. The van der Waals surface area contributed by atoms with Gasteiger partial charge in [0.05, 0.1) is 0 Å². The highest BCUT2D eigenvalue weighted by atomic mass is 16.4. The van der Waals surface area contributed by atoms with Gasteiger partial charge in [-0.2, -0.15) is 0 Å². The van der Waals surface area contributed by atoms with Gasteiger partial charge in [-0.25, -0.2) is 9.59 Å². The molecule has 0 rings (SSSR count). The van der Waals surface area contributed by atoms with Crippen LogP contribution in [0.5, 0.6) is 0 Å². The summed E-state index contributed by atoms with van der Waals surface area (Å²) in [6.07, 6.45) is 0.713. The number of nitrogens with zero attached hydrogens (tertiary/aromatic N) is 1. The van der Waals surface area contributed by atoms with Gasteiger partial charge in [-0.3, -0.25) is 0 Å². The highest BCUT2D eigenvalue weighted by Gasteiger charge is 2.25. The third kappa shape index (κ3) is 3.64. The standard InChI is InChI=1S/C9H18N2O3/c1-5-6(2)7(8(12)13)10-9(14)11(3)4/h6-7H,5H2,1-4H3,(H,10,14)(H,12,13)/t6?,7-/m0/s1. The average molecular weight is 202 g/mol. The molecule has 0 fully saturated rings. The zero-order valence-electron chi connectivity index (χ0n) is 9.07. The van der Waals surface area contributed by atoms with Crippen molar-refractivity contribution in [2.45, 2.75) is 26.3 Å². The Morgan fingerprint density at radius 2 is 1.93 bits per heavy atom. The van der Waals surface area contributed by atoms with Crippen molar-refractivity contribution in [2.24, 2.45) is 5.92 Å². The van der Waals surface area contributed by atoms with E-state index < -0.39 is 12.0 Å². The van der Waals surface area contributed by atoms with Crippen LogP contribution >= 0.6 is 0 Å². The maximum Gasteiger partial charge on any atom is 0.326 e. The first-order valence-electron chi connectivity index (χ1n) is 4.60. The molecule has 0 aromatic rings. The second-order valence-corrected chi connectivity index (χ2v) is 3.55. The molecule has 2 amide bonds. The minimum absolute atomic E-state index is 0.0728. The predicted octanol–water partition coefficient (Wildman–Crippen LogP) is 0.757. The van der Waals surface area contributed by atoms with Gasteiger partial charge in [0.25, 0.3) is 0 Å². The molecule has 5 nitrogen and oxygen atoms in total. The predicted molar refractivity (Wildman–Crippen MR) is 53.1 cm³/mol. The van der Waals surface area contributed by atoms with E-state index >= 15 is 0 Å².